The summed E-state index contributed by atoms with van der Waals surface area (Å²) in [5.74, 6) is 0.247. The molecule has 2 aromatic carbocycles. The van der Waals surface area contributed by atoms with Crippen LogP contribution in [0.5, 0.6) is 5.75 Å². The quantitative estimate of drug-likeness (QED) is 0.592. The Hall–Kier alpha value is -2.24. The molecule has 2 rings (SSSR count). The summed E-state index contributed by atoms with van der Waals surface area (Å²) in [4.78, 5) is 27.6. The van der Waals surface area contributed by atoms with Crippen LogP contribution in [0.2, 0.25) is 10.0 Å². The van der Waals surface area contributed by atoms with Gasteiger partial charge >= 0.3 is 0 Å². The fourth-order valence-corrected chi connectivity index (χ4v) is 3.50. The number of rotatable bonds is 9. The van der Waals surface area contributed by atoms with E-state index in [9.17, 15) is 9.59 Å². The van der Waals surface area contributed by atoms with Crippen molar-refractivity contribution in [3.63, 3.8) is 0 Å². The molecule has 7 heteroatoms. The Labute approximate surface area is 188 Å². The van der Waals surface area contributed by atoms with Crippen molar-refractivity contribution in [3.05, 3.63) is 63.6 Å². The lowest BCUT2D eigenvalue weighted by Gasteiger charge is -2.30. The van der Waals surface area contributed by atoms with Gasteiger partial charge in [-0.05, 0) is 55.7 Å². The van der Waals surface area contributed by atoms with E-state index in [1.807, 2.05) is 38.1 Å². The first-order valence-electron chi connectivity index (χ1n) is 9.92. The monoisotopic (exact) mass is 450 g/mol. The second-order valence-corrected chi connectivity index (χ2v) is 8.06. The highest BCUT2D eigenvalue weighted by Gasteiger charge is 2.27. The molecule has 2 aromatic rings. The summed E-state index contributed by atoms with van der Waals surface area (Å²) in [6, 6.07) is 11.9. The Morgan fingerprint density at radius 1 is 1.10 bits per heavy atom. The van der Waals surface area contributed by atoms with Crippen LogP contribution in [0, 0.1) is 0 Å². The molecule has 0 radical (unpaired) electrons. The van der Waals surface area contributed by atoms with E-state index in [2.05, 4.69) is 5.32 Å². The maximum atomic E-state index is 13.3. The predicted molar refractivity (Wildman–Crippen MR) is 121 cm³/mol. The fourth-order valence-electron chi connectivity index (χ4n) is 2.97. The zero-order chi connectivity index (χ0) is 22.3. The van der Waals surface area contributed by atoms with Gasteiger partial charge in [-0.15, -0.1) is 0 Å². The maximum Gasteiger partial charge on any atom is 0.242 e. The number of methoxy groups -OCH3 is 1. The average Bonchev–Trinajstić information content (AvgIpc) is 2.74. The van der Waals surface area contributed by atoms with Crippen molar-refractivity contribution in [2.75, 3.05) is 7.11 Å². The summed E-state index contributed by atoms with van der Waals surface area (Å²) < 4.78 is 5.28. The van der Waals surface area contributed by atoms with Gasteiger partial charge in [0, 0.05) is 22.6 Å². The van der Waals surface area contributed by atoms with Crippen molar-refractivity contribution < 1.29 is 14.3 Å². The van der Waals surface area contributed by atoms with Gasteiger partial charge in [-0.1, -0.05) is 48.3 Å². The molecule has 0 aliphatic rings. The summed E-state index contributed by atoms with van der Waals surface area (Å²) in [6.07, 6.45) is 0.806. The normalized spacial score (nSPS) is 12.7. The van der Waals surface area contributed by atoms with E-state index in [1.165, 1.54) is 0 Å². The van der Waals surface area contributed by atoms with E-state index in [0.29, 0.717) is 21.4 Å². The summed E-state index contributed by atoms with van der Waals surface area (Å²) in [5, 5.41) is 3.80. The van der Waals surface area contributed by atoms with Gasteiger partial charge in [0.25, 0.3) is 0 Å². The summed E-state index contributed by atoms with van der Waals surface area (Å²) in [5.41, 5.74) is 1.41. The molecule has 0 aliphatic heterocycles. The van der Waals surface area contributed by atoms with E-state index in [4.69, 9.17) is 27.9 Å². The molecule has 0 saturated carbocycles. The van der Waals surface area contributed by atoms with E-state index in [0.717, 1.165) is 12.0 Å². The van der Waals surface area contributed by atoms with E-state index in [1.54, 1.807) is 37.1 Å². The van der Waals surface area contributed by atoms with Crippen molar-refractivity contribution in [1.29, 1.82) is 0 Å². The van der Waals surface area contributed by atoms with Gasteiger partial charge in [-0.3, -0.25) is 9.59 Å². The predicted octanol–water partition coefficient (Wildman–Crippen LogP) is 4.88. The number of carbonyl (C=O) groups is 2. The van der Waals surface area contributed by atoms with Crippen LogP contribution in [0.1, 0.15) is 38.3 Å². The van der Waals surface area contributed by atoms with Gasteiger partial charge in [0.1, 0.15) is 11.8 Å². The van der Waals surface area contributed by atoms with Gasteiger partial charge < -0.3 is 15.0 Å². The highest BCUT2D eigenvalue weighted by atomic mass is 35.5. The van der Waals surface area contributed by atoms with Crippen LogP contribution in [-0.2, 0) is 22.6 Å². The van der Waals surface area contributed by atoms with Crippen LogP contribution < -0.4 is 10.1 Å². The molecule has 2 amide bonds. The molecule has 0 aromatic heterocycles. The minimum Gasteiger partial charge on any atom is -0.497 e. The van der Waals surface area contributed by atoms with Crippen molar-refractivity contribution in [2.24, 2.45) is 0 Å². The van der Waals surface area contributed by atoms with Crippen LogP contribution in [0.25, 0.3) is 0 Å². The number of ether oxygens (including phenoxy) is 1. The zero-order valence-corrected chi connectivity index (χ0v) is 19.3. The van der Waals surface area contributed by atoms with Crippen molar-refractivity contribution in [3.8, 4) is 5.75 Å². The number of hydrogen-bond acceptors (Lipinski definition) is 3. The number of nitrogens with zero attached hydrogens (tertiary/aromatic N) is 1. The molecule has 0 aliphatic carbocycles. The van der Waals surface area contributed by atoms with Gasteiger partial charge in [0.05, 0.1) is 13.5 Å². The Morgan fingerprint density at radius 2 is 1.73 bits per heavy atom. The van der Waals surface area contributed by atoms with E-state index < -0.39 is 6.04 Å². The fraction of sp³-hybridized carbons (Fsp3) is 0.391. The third-order valence-corrected chi connectivity index (χ3v) is 5.75. The minimum absolute atomic E-state index is 0.00340. The number of halogens is 2. The second-order valence-electron chi connectivity index (χ2n) is 7.24. The summed E-state index contributed by atoms with van der Waals surface area (Å²) in [6.45, 7) is 5.91. The number of amides is 2. The molecule has 0 fully saturated rings. The van der Waals surface area contributed by atoms with Gasteiger partial charge in [0.2, 0.25) is 11.8 Å². The second kappa shape index (κ2) is 11.2. The van der Waals surface area contributed by atoms with Gasteiger partial charge in [0.15, 0.2) is 0 Å². The zero-order valence-electron chi connectivity index (χ0n) is 17.7. The van der Waals surface area contributed by atoms with Crippen LogP contribution in [0.4, 0.5) is 0 Å². The number of benzene rings is 2. The number of hydrogen-bond donors (Lipinski definition) is 1. The lowest BCUT2D eigenvalue weighted by molar-refractivity contribution is -0.140. The SMILES string of the molecule is CCC(C)NC(=O)C(C)N(Cc1cccc(OC)c1)C(=O)Cc1c(Cl)cccc1Cl. The van der Waals surface area contributed by atoms with Crippen LogP contribution in [0.15, 0.2) is 42.5 Å². The van der Waals surface area contributed by atoms with Gasteiger partial charge in [-0.25, -0.2) is 0 Å². The first-order valence-corrected chi connectivity index (χ1v) is 10.7. The molecule has 0 spiro atoms. The molecule has 5 nitrogen and oxygen atoms in total. The molecule has 2 atom stereocenters. The number of nitrogens with one attached hydrogen (secondary N) is 1. The maximum absolute atomic E-state index is 13.3. The molecular weight excluding hydrogens is 423 g/mol. The van der Waals surface area contributed by atoms with Gasteiger partial charge in [-0.2, -0.15) is 0 Å². The first-order chi connectivity index (χ1) is 14.3. The van der Waals surface area contributed by atoms with E-state index in [-0.39, 0.29) is 30.8 Å². The Bertz CT molecular complexity index is 868. The topological polar surface area (TPSA) is 58.6 Å². The number of carbonyl (C=O) groups excluding carboxylic acids is 2. The van der Waals surface area contributed by atoms with Crippen molar-refractivity contribution in [2.45, 2.75) is 52.2 Å². The Kier molecular flexibility index (Phi) is 9.00. The third-order valence-electron chi connectivity index (χ3n) is 5.05. The van der Waals surface area contributed by atoms with Crippen molar-refractivity contribution >= 4 is 35.0 Å². The highest BCUT2D eigenvalue weighted by Crippen LogP contribution is 2.26. The molecule has 0 heterocycles. The summed E-state index contributed by atoms with van der Waals surface area (Å²) in [7, 11) is 1.59. The molecule has 162 valence electrons. The molecule has 0 saturated heterocycles. The minimum atomic E-state index is -0.668. The largest absolute Gasteiger partial charge is 0.497 e. The Morgan fingerprint density at radius 3 is 2.33 bits per heavy atom. The highest BCUT2D eigenvalue weighted by molar-refractivity contribution is 6.36. The molecule has 30 heavy (non-hydrogen) atoms. The smallest absolute Gasteiger partial charge is 0.242 e. The lowest BCUT2D eigenvalue weighted by atomic mass is 10.1. The molecule has 0 bridgehead atoms. The Balaban J connectivity index is 2.31. The third kappa shape index (κ3) is 6.38. The summed E-state index contributed by atoms with van der Waals surface area (Å²) >= 11 is 12.5. The lowest BCUT2D eigenvalue weighted by Crippen LogP contribution is -2.49. The van der Waals surface area contributed by atoms with Crippen LogP contribution in [-0.4, -0.2) is 35.9 Å². The van der Waals surface area contributed by atoms with Crippen LogP contribution >= 0.6 is 23.2 Å². The molecular formula is C23H28Cl2N2O3. The molecule has 2 unspecified atom stereocenters. The van der Waals surface area contributed by atoms with Crippen LogP contribution in [0.3, 0.4) is 0 Å². The average molecular weight is 451 g/mol. The van der Waals surface area contributed by atoms with E-state index >= 15 is 0 Å². The first kappa shape index (κ1) is 24.0. The standard InChI is InChI=1S/C23H28Cl2N2O3/c1-5-15(2)26-23(29)16(3)27(14-17-8-6-9-18(12-17)30-4)22(28)13-19-20(24)10-7-11-21(19)25/h6-12,15-16H,5,13-14H2,1-4H3,(H,26,29). The molecule has 1 N–H and O–H groups in total. The van der Waals surface area contributed by atoms with Crippen molar-refractivity contribution in [1.82, 2.24) is 10.2 Å².